The lowest BCUT2D eigenvalue weighted by molar-refractivity contribution is 0.187. The summed E-state index contributed by atoms with van der Waals surface area (Å²) in [7, 11) is 0. The van der Waals surface area contributed by atoms with Crippen LogP contribution in [0, 0.1) is 9.39 Å². The summed E-state index contributed by atoms with van der Waals surface area (Å²) in [6.45, 7) is 1.92. The molecule has 1 heterocycles. The van der Waals surface area contributed by atoms with E-state index in [0.29, 0.717) is 17.1 Å². The minimum Gasteiger partial charge on any atom is -0.465 e. The summed E-state index contributed by atoms with van der Waals surface area (Å²) < 4.78 is 15.0. The fourth-order valence-electron chi connectivity index (χ4n) is 2.85. The molecule has 0 unspecified atom stereocenters. The van der Waals surface area contributed by atoms with Gasteiger partial charge in [-0.15, -0.1) is 0 Å². The Bertz CT molecular complexity index is 914. The summed E-state index contributed by atoms with van der Waals surface area (Å²) in [6, 6.07) is 13.9. The van der Waals surface area contributed by atoms with Crippen molar-refractivity contribution in [2.45, 2.75) is 18.9 Å². The van der Waals surface area contributed by atoms with Gasteiger partial charge in [0.25, 0.3) is 0 Å². The molecular formula is C19H17FIN3O2. The Morgan fingerprint density at radius 1 is 1.27 bits per heavy atom. The summed E-state index contributed by atoms with van der Waals surface area (Å²) in [5.74, 6) is -0.0736. The minimum absolute atomic E-state index is 0.159. The second-order valence-corrected chi connectivity index (χ2v) is 7.18. The van der Waals surface area contributed by atoms with Gasteiger partial charge in [-0.25, -0.2) is 14.2 Å². The van der Waals surface area contributed by atoms with E-state index in [-0.39, 0.29) is 11.7 Å². The number of aromatic amines is 1. The number of hydrogen-bond donors (Lipinski definition) is 3. The smallest absolute Gasteiger partial charge is 0.405 e. The number of halogens is 2. The molecule has 0 fully saturated rings. The average Bonchev–Trinajstić information content (AvgIpc) is 3.09. The maximum atomic E-state index is 14.2. The first-order valence-corrected chi connectivity index (χ1v) is 9.08. The first-order chi connectivity index (χ1) is 12.5. The number of carboxylic acid groups (broad SMARTS) is 1. The van der Waals surface area contributed by atoms with Gasteiger partial charge in [-0.3, -0.25) is 0 Å². The topological polar surface area (TPSA) is 78.0 Å². The molecule has 0 saturated carbocycles. The molecule has 134 valence electrons. The lowest BCUT2D eigenvalue weighted by atomic mass is 9.93. The van der Waals surface area contributed by atoms with Gasteiger partial charge in [0.1, 0.15) is 11.6 Å². The molecule has 0 aliphatic heterocycles. The quantitative estimate of drug-likeness (QED) is 0.468. The molecule has 7 heteroatoms. The maximum absolute atomic E-state index is 14.2. The fraction of sp³-hybridized carbons (Fsp3) is 0.158. The van der Waals surface area contributed by atoms with Crippen molar-refractivity contribution in [3.05, 3.63) is 75.5 Å². The van der Waals surface area contributed by atoms with Crippen LogP contribution in [-0.2, 0) is 0 Å². The number of H-pyrrole nitrogens is 1. The third-order valence-corrected chi connectivity index (χ3v) is 4.89. The van der Waals surface area contributed by atoms with Gasteiger partial charge in [-0.2, -0.15) is 0 Å². The Morgan fingerprint density at radius 2 is 2.00 bits per heavy atom. The minimum atomic E-state index is -1.14. The highest BCUT2D eigenvalue weighted by Crippen LogP contribution is 2.31. The van der Waals surface area contributed by atoms with Gasteiger partial charge in [-0.05, 0) is 46.4 Å². The lowest BCUT2D eigenvalue weighted by Crippen LogP contribution is -2.31. The van der Waals surface area contributed by atoms with E-state index >= 15 is 0 Å². The summed E-state index contributed by atoms with van der Waals surface area (Å²) >= 11 is 2.04. The van der Waals surface area contributed by atoms with Crippen LogP contribution in [0.1, 0.15) is 30.3 Å². The van der Waals surface area contributed by atoms with Gasteiger partial charge < -0.3 is 15.4 Å². The van der Waals surface area contributed by atoms with E-state index < -0.39 is 12.1 Å². The molecule has 3 aromatic rings. The van der Waals surface area contributed by atoms with Crippen LogP contribution in [0.5, 0.6) is 0 Å². The standard InChI is InChI=1S/C19H17FIN3O2/c1-11(12-5-3-2-4-6-12)17(24-19(25)26)18-22-10-16(23-18)14-8-7-13(21)9-15(14)20/h2-11,17,24H,1H3,(H,22,23)(H,25,26)/t11-,17+/m1/s1. The highest BCUT2D eigenvalue weighted by molar-refractivity contribution is 14.1. The Morgan fingerprint density at radius 3 is 2.65 bits per heavy atom. The van der Waals surface area contributed by atoms with E-state index in [0.717, 1.165) is 9.13 Å². The van der Waals surface area contributed by atoms with Crippen molar-refractivity contribution in [1.82, 2.24) is 15.3 Å². The molecule has 3 N–H and O–H groups in total. The fourth-order valence-corrected chi connectivity index (χ4v) is 3.30. The largest absolute Gasteiger partial charge is 0.465 e. The normalized spacial score (nSPS) is 13.2. The third-order valence-electron chi connectivity index (χ3n) is 4.22. The number of hydrogen-bond acceptors (Lipinski definition) is 2. The number of amides is 1. The monoisotopic (exact) mass is 465 g/mol. The van der Waals surface area contributed by atoms with Gasteiger partial charge in [-0.1, -0.05) is 37.3 Å². The van der Waals surface area contributed by atoms with Gasteiger partial charge in [0.05, 0.1) is 17.9 Å². The molecule has 26 heavy (non-hydrogen) atoms. The van der Waals surface area contributed by atoms with E-state index in [2.05, 4.69) is 15.3 Å². The average molecular weight is 465 g/mol. The van der Waals surface area contributed by atoms with Crippen LogP contribution in [0.15, 0.2) is 54.7 Å². The van der Waals surface area contributed by atoms with Crippen LogP contribution in [-0.4, -0.2) is 21.2 Å². The van der Waals surface area contributed by atoms with Crippen molar-refractivity contribution < 1.29 is 14.3 Å². The van der Waals surface area contributed by atoms with Gasteiger partial charge in [0.15, 0.2) is 0 Å². The molecule has 0 radical (unpaired) electrons. The van der Waals surface area contributed by atoms with Crippen LogP contribution in [0.2, 0.25) is 0 Å². The van der Waals surface area contributed by atoms with E-state index in [9.17, 15) is 14.3 Å². The third kappa shape index (κ3) is 4.04. The Kier molecular flexibility index (Phi) is 5.55. The van der Waals surface area contributed by atoms with Crippen molar-refractivity contribution in [2.24, 2.45) is 0 Å². The Labute approximate surface area is 163 Å². The highest BCUT2D eigenvalue weighted by atomic mass is 127. The van der Waals surface area contributed by atoms with Crippen molar-refractivity contribution in [3.63, 3.8) is 0 Å². The second-order valence-electron chi connectivity index (χ2n) is 5.93. The molecule has 2 atom stereocenters. The van der Waals surface area contributed by atoms with Gasteiger partial charge in [0.2, 0.25) is 0 Å². The zero-order valence-corrected chi connectivity index (χ0v) is 16.1. The van der Waals surface area contributed by atoms with Crippen LogP contribution in [0.3, 0.4) is 0 Å². The van der Waals surface area contributed by atoms with Gasteiger partial charge >= 0.3 is 6.09 Å². The second kappa shape index (κ2) is 7.86. The molecule has 0 aliphatic carbocycles. The number of nitrogens with one attached hydrogen (secondary N) is 2. The molecule has 0 spiro atoms. The predicted octanol–water partition coefficient (Wildman–Crippen LogP) is 4.93. The van der Waals surface area contributed by atoms with Crippen LogP contribution < -0.4 is 5.32 Å². The van der Waals surface area contributed by atoms with Crippen molar-refractivity contribution >= 4 is 28.7 Å². The molecule has 0 bridgehead atoms. The molecule has 1 aromatic heterocycles. The van der Waals surface area contributed by atoms with Crippen LogP contribution in [0.25, 0.3) is 11.3 Å². The molecular weight excluding hydrogens is 448 g/mol. The Hall–Kier alpha value is -2.42. The number of aromatic nitrogens is 2. The first kappa shape index (κ1) is 18.4. The first-order valence-electron chi connectivity index (χ1n) is 8.00. The highest BCUT2D eigenvalue weighted by Gasteiger charge is 2.25. The SMILES string of the molecule is C[C@H](c1ccccc1)[C@H](NC(=O)O)c1ncc(-c2ccc(I)cc2F)[nH]1. The number of carbonyl (C=O) groups is 1. The van der Waals surface area contributed by atoms with E-state index in [4.69, 9.17) is 0 Å². The zero-order valence-electron chi connectivity index (χ0n) is 13.9. The van der Waals surface area contributed by atoms with Crippen LogP contribution >= 0.6 is 22.6 Å². The number of nitrogens with zero attached hydrogens (tertiary/aromatic N) is 1. The van der Waals surface area contributed by atoms with Crippen molar-refractivity contribution in [3.8, 4) is 11.3 Å². The maximum Gasteiger partial charge on any atom is 0.405 e. The summed E-state index contributed by atoms with van der Waals surface area (Å²) in [5, 5.41) is 11.7. The summed E-state index contributed by atoms with van der Waals surface area (Å²) in [5.41, 5.74) is 1.88. The van der Waals surface area contributed by atoms with E-state index in [1.54, 1.807) is 12.1 Å². The predicted molar refractivity (Wildman–Crippen MR) is 105 cm³/mol. The molecule has 5 nitrogen and oxygen atoms in total. The number of imidazole rings is 1. The Balaban J connectivity index is 1.95. The molecule has 0 saturated heterocycles. The molecule has 0 aliphatic rings. The van der Waals surface area contributed by atoms with E-state index in [1.165, 1.54) is 12.3 Å². The number of rotatable bonds is 5. The van der Waals surface area contributed by atoms with Crippen LogP contribution in [0.4, 0.5) is 9.18 Å². The molecule has 1 amide bonds. The number of benzene rings is 2. The van der Waals surface area contributed by atoms with Gasteiger partial charge in [0, 0.05) is 15.1 Å². The zero-order chi connectivity index (χ0) is 18.7. The van der Waals surface area contributed by atoms with Crippen molar-refractivity contribution in [2.75, 3.05) is 0 Å². The van der Waals surface area contributed by atoms with Crippen molar-refractivity contribution in [1.29, 1.82) is 0 Å². The molecule has 2 aromatic carbocycles. The van der Waals surface area contributed by atoms with E-state index in [1.807, 2.05) is 59.8 Å². The molecule has 3 rings (SSSR count). The lowest BCUT2D eigenvalue weighted by Gasteiger charge is -2.22. The summed E-state index contributed by atoms with van der Waals surface area (Å²) in [4.78, 5) is 18.6. The summed E-state index contributed by atoms with van der Waals surface area (Å²) in [6.07, 6.45) is 0.380.